The smallest absolute Gasteiger partial charge is 0.328 e. The van der Waals surface area contributed by atoms with Crippen molar-refractivity contribution in [2.75, 3.05) is 50.2 Å². The van der Waals surface area contributed by atoms with Gasteiger partial charge < -0.3 is 30.3 Å². The molecule has 1 fully saturated rings. The Morgan fingerprint density at radius 1 is 1.14 bits per heavy atom. The zero-order valence-corrected chi connectivity index (χ0v) is 21.7. The molecule has 0 radical (unpaired) electrons. The minimum atomic E-state index is -0.313. The first-order chi connectivity index (χ1) is 17.9. The fraction of sp³-hybridized carbons (Fsp3) is 0.333. The van der Waals surface area contributed by atoms with E-state index in [-0.39, 0.29) is 11.9 Å². The Bertz CT molecular complexity index is 1270. The number of methoxy groups -OCH3 is 1. The van der Waals surface area contributed by atoms with Crippen LogP contribution in [-0.4, -0.2) is 60.1 Å². The molecule has 3 aromatic rings. The molecule has 1 aromatic heterocycles. The minimum absolute atomic E-state index is 0.0904. The zero-order chi connectivity index (χ0) is 26.4. The molecule has 0 atom stereocenters. The Balaban J connectivity index is 1.57. The Hall–Kier alpha value is -4.18. The molecule has 0 bridgehead atoms. The predicted molar refractivity (Wildman–Crippen MR) is 145 cm³/mol. The summed E-state index contributed by atoms with van der Waals surface area (Å²) in [5.41, 5.74) is 3.82. The summed E-state index contributed by atoms with van der Waals surface area (Å²) in [4.78, 5) is 27.2. The van der Waals surface area contributed by atoms with E-state index in [1.807, 2.05) is 0 Å². The lowest BCUT2D eigenvalue weighted by Gasteiger charge is -2.30. The van der Waals surface area contributed by atoms with Gasteiger partial charge in [-0.05, 0) is 87.3 Å². The summed E-state index contributed by atoms with van der Waals surface area (Å²) in [6.07, 6.45) is 3.46. The quantitative estimate of drug-likeness (QED) is 0.358. The number of nitrogens with zero attached hydrogens (tertiary/aromatic N) is 4. The number of piperidine rings is 1. The molecule has 10 nitrogen and oxygen atoms in total. The lowest BCUT2D eigenvalue weighted by atomic mass is 9.86. The van der Waals surface area contributed by atoms with Crippen molar-refractivity contribution < 1.29 is 14.3 Å². The molecule has 2 aromatic carbocycles. The minimum Gasteiger partial charge on any atom is -0.495 e. The molecule has 1 aliphatic heterocycles. The van der Waals surface area contributed by atoms with Gasteiger partial charge in [-0.1, -0.05) is 12.6 Å². The van der Waals surface area contributed by atoms with Gasteiger partial charge in [-0.2, -0.15) is 15.0 Å². The summed E-state index contributed by atoms with van der Waals surface area (Å²) in [6.45, 7) is 7.77. The molecule has 1 aliphatic rings. The molecule has 37 heavy (non-hydrogen) atoms. The molecule has 0 unspecified atom stereocenters. The normalized spacial score (nSPS) is 14.1. The Morgan fingerprint density at radius 2 is 1.89 bits per heavy atom. The van der Waals surface area contributed by atoms with Crippen molar-refractivity contribution in [2.24, 2.45) is 0 Å². The molecular formula is C27H33N7O3. The third-order valence-electron chi connectivity index (χ3n) is 6.33. The average molecular weight is 504 g/mol. The number of benzene rings is 2. The number of anilines is 4. The molecule has 2 heterocycles. The molecule has 0 spiro atoms. The lowest BCUT2D eigenvalue weighted by Crippen LogP contribution is -2.29. The number of carbonyl (C=O) groups excluding carboxylic acids is 1. The molecule has 10 heteroatoms. The van der Waals surface area contributed by atoms with Gasteiger partial charge in [0.25, 0.3) is 0 Å². The summed E-state index contributed by atoms with van der Waals surface area (Å²) >= 11 is 0. The van der Waals surface area contributed by atoms with Crippen LogP contribution in [0.15, 0.2) is 49.1 Å². The number of hydrogen-bond donors (Lipinski definition) is 3. The summed E-state index contributed by atoms with van der Waals surface area (Å²) < 4.78 is 11.6. The molecule has 1 saturated heterocycles. The van der Waals surface area contributed by atoms with Crippen LogP contribution in [0.25, 0.3) is 0 Å². The van der Waals surface area contributed by atoms with E-state index in [0.29, 0.717) is 29.3 Å². The molecule has 1 amide bonds. The van der Waals surface area contributed by atoms with E-state index in [2.05, 4.69) is 68.5 Å². The van der Waals surface area contributed by atoms with E-state index < -0.39 is 0 Å². The van der Waals surface area contributed by atoms with Gasteiger partial charge in [-0.25, -0.2) is 0 Å². The fourth-order valence-corrected chi connectivity index (χ4v) is 4.36. The largest absolute Gasteiger partial charge is 0.495 e. The van der Waals surface area contributed by atoms with Crippen LogP contribution in [0, 0.1) is 6.92 Å². The van der Waals surface area contributed by atoms with Gasteiger partial charge in [0.1, 0.15) is 11.5 Å². The first-order valence-corrected chi connectivity index (χ1v) is 12.2. The van der Waals surface area contributed by atoms with Crippen LogP contribution in [0.1, 0.15) is 29.9 Å². The fourth-order valence-electron chi connectivity index (χ4n) is 4.36. The van der Waals surface area contributed by atoms with Gasteiger partial charge in [0.05, 0.1) is 12.8 Å². The molecule has 0 aliphatic carbocycles. The van der Waals surface area contributed by atoms with Crippen LogP contribution in [0.5, 0.6) is 17.5 Å². The molecular weight excluding hydrogens is 470 g/mol. The number of aromatic nitrogens is 3. The second kappa shape index (κ2) is 11.7. The molecule has 3 N–H and O–H groups in total. The van der Waals surface area contributed by atoms with Crippen LogP contribution in [0.2, 0.25) is 0 Å². The number of aryl methyl sites for hydroxylation is 1. The Morgan fingerprint density at radius 3 is 2.59 bits per heavy atom. The second-order valence-corrected chi connectivity index (χ2v) is 8.95. The standard InChI is InChI=1S/C27H33N7O3/c1-6-24(35)29-19-8-7-9-20(15-19)37-27-32-25(28-3)31-26(33-27)30-22-14-17(2)21(16-23(22)36-5)18-10-12-34(4)13-11-18/h6-9,14-16,18H,1,10-13H2,2-5H3,(H,29,35)(H2,28,30,31,32,33). The number of likely N-dealkylation sites (tertiary alicyclic amines) is 1. The zero-order valence-electron chi connectivity index (χ0n) is 21.7. The third-order valence-corrected chi connectivity index (χ3v) is 6.33. The van der Waals surface area contributed by atoms with Crippen molar-refractivity contribution in [1.82, 2.24) is 19.9 Å². The number of hydrogen-bond acceptors (Lipinski definition) is 9. The monoisotopic (exact) mass is 503 g/mol. The van der Waals surface area contributed by atoms with Crippen molar-refractivity contribution in [1.29, 1.82) is 0 Å². The Kier molecular flexibility index (Phi) is 8.19. The van der Waals surface area contributed by atoms with Gasteiger partial charge in [0.2, 0.25) is 17.8 Å². The van der Waals surface area contributed by atoms with E-state index >= 15 is 0 Å². The number of carbonyl (C=O) groups is 1. The number of amides is 1. The van der Waals surface area contributed by atoms with Crippen LogP contribution in [-0.2, 0) is 4.79 Å². The molecule has 194 valence electrons. The summed E-state index contributed by atoms with van der Waals surface area (Å²) in [7, 11) is 5.54. The Labute approximate surface area is 217 Å². The van der Waals surface area contributed by atoms with E-state index in [9.17, 15) is 4.79 Å². The van der Waals surface area contributed by atoms with Crippen LogP contribution in [0.4, 0.5) is 23.3 Å². The highest BCUT2D eigenvalue weighted by molar-refractivity contribution is 5.98. The van der Waals surface area contributed by atoms with Crippen molar-refractivity contribution in [2.45, 2.75) is 25.7 Å². The average Bonchev–Trinajstić information content (AvgIpc) is 2.89. The van der Waals surface area contributed by atoms with Gasteiger partial charge in [0.15, 0.2) is 0 Å². The van der Waals surface area contributed by atoms with Gasteiger partial charge in [-0.3, -0.25) is 4.79 Å². The predicted octanol–water partition coefficient (Wildman–Crippen LogP) is 4.70. The van der Waals surface area contributed by atoms with Crippen molar-refractivity contribution in [3.05, 3.63) is 60.2 Å². The van der Waals surface area contributed by atoms with E-state index in [1.54, 1.807) is 38.4 Å². The SMILES string of the molecule is C=CC(=O)Nc1cccc(Oc2nc(NC)nc(Nc3cc(C)c(C4CCN(C)CC4)cc3OC)n2)c1. The molecule has 0 saturated carbocycles. The third kappa shape index (κ3) is 6.53. The lowest BCUT2D eigenvalue weighted by molar-refractivity contribution is -0.111. The van der Waals surface area contributed by atoms with Crippen LogP contribution in [0.3, 0.4) is 0 Å². The van der Waals surface area contributed by atoms with Gasteiger partial charge in [-0.15, -0.1) is 0 Å². The highest BCUT2D eigenvalue weighted by atomic mass is 16.5. The first kappa shape index (κ1) is 25.9. The summed E-state index contributed by atoms with van der Waals surface area (Å²) in [5, 5.41) is 8.90. The maximum Gasteiger partial charge on any atom is 0.328 e. The number of rotatable bonds is 9. The number of nitrogens with one attached hydrogen (secondary N) is 3. The van der Waals surface area contributed by atoms with Crippen molar-refractivity contribution in [3.63, 3.8) is 0 Å². The first-order valence-electron chi connectivity index (χ1n) is 12.2. The van der Waals surface area contributed by atoms with Crippen LogP contribution >= 0.6 is 0 Å². The topological polar surface area (TPSA) is 114 Å². The van der Waals surface area contributed by atoms with E-state index in [4.69, 9.17) is 9.47 Å². The van der Waals surface area contributed by atoms with E-state index in [0.717, 1.165) is 37.4 Å². The van der Waals surface area contributed by atoms with Crippen molar-refractivity contribution >= 4 is 29.2 Å². The van der Waals surface area contributed by atoms with Crippen LogP contribution < -0.4 is 25.4 Å². The highest BCUT2D eigenvalue weighted by Gasteiger charge is 2.22. The van der Waals surface area contributed by atoms with Gasteiger partial charge >= 0.3 is 6.01 Å². The summed E-state index contributed by atoms with van der Waals surface area (Å²) in [6, 6.07) is 11.2. The van der Waals surface area contributed by atoms with Crippen molar-refractivity contribution in [3.8, 4) is 17.5 Å². The molecule has 4 rings (SSSR count). The number of ether oxygens (including phenoxy) is 2. The highest BCUT2D eigenvalue weighted by Crippen LogP contribution is 2.37. The maximum absolute atomic E-state index is 11.6. The summed E-state index contributed by atoms with van der Waals surface area (Å²) in [5.74, 6) is 2.01. The maximum atomic E-state index is 11.6. The van der Waals surface area contributed by atoms with Gasteiger partial charge in [0, 0.05) is 18.8 Å². The second-order valence-electron chi connectivity index (χ2n) is 8.95. The van der Waals surface area contributed by atoms with E-state index in [1.165, 1.54) is 17.2 Å².